The van der Waals surface area contributed by atoms with Gasteiger partial charge in [0.15, 0.2) is 0 Å². The minimum absolute atomic E-state index is 0.263. The summed E-state index contributed by atoms with van der Waals surface area (Å²) in [5.41, 5.74) is 6.53. The van der Waals surface area contributed by atoms with Crippen molar-refractivity contribution in [2.24, 2.45) is 5.73 Å². The number of nitrogens with two attached hydrogens (primary N) is 1. The first-order valence-electron chi connectivity index (χ1n) is 6.40. The fourth-order valence-corrected chi connectivity index (χ4v) is 3.39. The average molecular weight is 287 g/mol. The Morgan fingerprint density at radius 3 is 2.79 bits per heavy atom. The van der Waals surface area contributed by atoms with E-state index in [1.807, 2.05) is 4.57 Å². The van der Waals surface area contributed by atoms with Crippen LogP contribution in [-0.4, -0.2) is 32.7 Å². The monoisotopic (exact) mass is 287 g/mol. The summed E-state index contributed by atoms with van der Waals surface area (Å²) in [6, 6.07) is 1.81. The maximum Gasteiger partial charge on any atom is 0.242 e. The number of ether oxygens (including phenoxy) is 1. The zero-order valence-corrected chi connectivity index (χ0v) is 12.1. The molecule has 0 spiro atoms. The third kappa shape index (κ3) is 3.36. The van der Waals surface area contributed by atoms with E-state index in [2.05, 4.69) is 4.72 Å². The number of methoxy groups -OCH3 is 1. The van der Waals surface area contributed by atoms with Crippen LogP contribution in [-0.2, 0) is 21.3 Å². The van der Waals surface area contributed by atoms with Crippen molar-refractivity contribution in [2.45, 2.75) is 43.3 Å². The molecule has 0 amide bonds. The molecule has 1 aromatic rings. The fourth-order valence-electron chi connectivity index (χ4n) is 2.12. The van der Waals surface area contributed by atoms with Gasteiger partial charge in [-0.1, -0.05) is 0 Å². The molecule has 7 heteroatoms. The highest BCUT2D eigenvalue weighted by atomic mass is 32.2. The van der Waals surface area contributed by atoms with Crippen LogP contribution >= 0.6 is 0 Å². The quantitative estimate of drug-likeness (QED) is 0.768. The lowest BCUT2D eigenvalue weighted by Crippen LogP contribution is -2.35. The van der Waals surface area contributed by atoms with Gasteiger partial charge in [0.05, 0.1) is 11.5 Å². The number of hydrogen-bond acceptors (Lipinski definition) is 4. The Hall–Kier alpha value is -0.890. The van der Waals surface area contributed by atoms with Crippen molar-refractivity contribution in [2.75, 3.05) is 13.7 Å². The van der Waals surface area contributed by atoms with Gasteiger partial charge in [-0.2, -0.15) is 0 Å². The Balaban J connectivity index is 2.20. The number of rotatable bonds is 7. The summed E-state index contributed by atoms with van der Waals surface area (Å²) in [7, 11) is -1.96. The van der Waals surface area contributed by atoms with E-state index >= 15 is 0 Å². The Morgan fingerprint density at radius 2 is 2.26 bits per heavy atom. The van der Waals surface area contributed by atoms with Crippen LogP contribution in [0.15, 0.2) is 17.2 Å². The van der Waals surface area contributed by atoms with Crippen molar-refractivity contribution in [3.8, 4) is 0 Å². The summed E-state index contributed by atoms with van der Waals surface area (Å²) in [6.07, 6.45) is 3.87. The van der Waals surface area contributed by atoms with E-state index in [-0.39, 0.29) is 10.9 Å². The van der Waals surface area contributed by atoms with E-state index in [1.165, 1.54) is 0 Å². The summed E-state index contributed by atoms with van der Waals surface area (Å²) in [5, 5.41) is 0. The molecule has 2 rings (SSSR count). The smallest absolute Gasteiger partial charge is 0.242 e. The molecule has 0 saturated heterocycles. The van der Waals surface area contributed by atoms with Crippen molar-refractivity contribution in [1.82, 2.24) is 9.29 Å². The van der Waals surface area contributed by atoms with Crippen molar-refractivity contribution in [1.29, 1.82) is 0 Å². The third-order valence-electron chi connectivity index (χ3n) is 3.14. The van der Waals surface area contributed by atoms with Crippen LogP contribution in [0.4, 0.5) is 0 Å². The highest BCUT2D eigenvalue weighted by Gasteiger charge is 2.28. The fraction of sp³-hybridized carbons (Fsp3) is 0.667. The summed E-state index contributed by atoms with van der Waals surface area (Å²) < 4.78 is 33.9. The predicted octanol–water partition coefficient (Wildman–Crippen LogP) is 0.595. The molecule has 3 N–H and O–H groups in total. The summed E-state index contributed by atoms with van der Waals surface area (Å²) in [4.78, 5) is 0.280. The number of hydrogen-bond donors (Lipinski definition) is 2. The van der Waals surface area contributed by atoms with Crippen LogP contribution in [0.5, 0.6) is 0 Å². The molecule has 1 aliphatic rings. The van der Waals surface area contributed by atoms with Crippen LogP contribution in [0.3, 0.4) is 0 Å². The third-order valence-corrected chi connectivity index (χ3v) is 4.70. The van der Waals surface area contributed by atoms with Crippen LogP contribution in [0, 0.1) is 0 Å². The van der Waals surface area contributed by atoms with Gasteiger partial charge >= 0.3 is 0 Å². The molecule has 1 aromatic heterocycles. The van der Waals surface area contributed by atoms with Gasteiger partial charge in [-0.15, -0.1) is 0 Å². The highest BCUT2D eigenvalue weighted by molar-refractivity contribution is 7.89. The molecule has 1 fully saturated rings. The van der Waals surface area contributed by atoms with E-state index in [0.717, 1.165) is 18.5 Å². The molecule has 1 atom stereocenters. The number of sulfonamides is 1. The zero-order valence-electron chi connectivity index (χ0n) is 11.3. The lowest BCUT2D eigenvalue weighted by atomic mass is 10.4. The van der Waals surface area contributed by atoms with E-state index in [0.29, 0.717) is 19.2 Å². The lowest BCUT2D eigenvalue weighted by Gasteiger charge is -2.12. The second kappa shape index (κ2) is 5.62. The van der Waals surface area contributed by atoms with Crippen LogP contribution in [0.1, 0.15) is 31.5 Å². The standard InChI is InChI=1S/C12H21N3O3S/c1-9(8-18-2)14-19(16,17)12-5-11(6-13)15(7-12)10-3-4-10/h5,7,9-10,14H,3-4,6,8,13H2,1-2H3. The summed E-state index contributed by atoms with van der Waals surface area (Å²) in [5.74, 6) is 0. The van der Waals surface area contributed by atoms with E-state index in [9.17, 15) is 8.42 Å². The molecule has 1 heterocycles. The Bertz CT molecular complexity index is 534. The Kier molecular flexibility index (Phi) is 4.29. The van der Waals surface area contributed by atoms with Gasteiger partial charge in [0.25, 0.3) is 0 Å². The first-order valence-corrected chi connectivity index (χ1v) is 7.88. The number of aromatic nitrogens is 1. The number of nitrogens with one attached hydrogen (secondary N) is 1. The predicted molar refractivity (Wildman–Crippen MR) is 72.3 cm³/mol. The number of nitrogens with zero attached hydrogens (tertiary/aromatic N) is 1. The normalized spacial score (nSPS) is 17.6. The summed E-state index contributed by atoms with van der Waals surface area (Å²) in [6.45, 7) is 2.45. The van der Waals surface area contributed by atoms with Crippen molar-refractivity contribution < 1.29 is 13.2 Å². The van der Waals surface area contributed by atoms with Crippen LogP contribution in [0.2, 0.25) is 0 Å². The van der Waals surface area contributed by atoms with E-state index in [4.69, 9.17) is 10.5 Å². The molecular weight excluding hydrogens is 266 g/mol. The van der Waals surface area contributed by atoms with Crippen molar-refractivity contribution in [3.05, 3.63) is 18.0 Å². The van der Waals surface area contributed by atoms with Gasteiger partial charge < -0.3 is 15.0 Å². The van der Waals surface area contributed by atoms with Crippen molar-refractivity contribution >= 4 is 10.0 Å². The van der Waals surface area contributed by atoms with Gasteiger partial charge in [0.1, 0.15) is 0 Å². The first-order chi connectivity index (χ1) is 8.97. The Morgan fingerprint density at radius 1 is 1.58 bits per heavy atom. The van der Waals surface area contributed by atoms with Crippen LogP contribution < -0.4 is 10.5 Å². The largest absolute Gasteiger partial charge is 0.383 e. The molecule has 6 nitrogen and oxygen atoms in total. The van der Waals surface area contributed by atoms with Gasteiger partial charge in [-0.3, -0.25) is 0 Å². The van der Waals surface area contributed by atoms with E-state index < -0.39 is 10.0 Å². The molecule has 0 aliphatic heterocycles. The van der Waals surface area contributed by atoms with Gasteiger partial charge in [0, 0.05) is 37.6 Å². The molecule has 1 unspecified atom stereocenters. The van der Waals surface area contributed by atoms with Gasteiger partial charge in [0.2, 0.25) is 10.0 Å². The van der Waals surface area contributed by atoms with Crippen LogP contribution in [0.25, 0.3) is 0 Å². The SMILES string of the molecule is COCC(C)NS(=O)(=O)c1cc(CN)n(C2CC2)c1. The molecule has 108 valence electrons. The lowest BCUT2D eigenvalue weighted by molar-refractivity contribution is 0.180. The Labute approximate surface area is 114 Å². The zero-order chi connectivity index (χ0) is 14.0. The second-order valence-corrected chi connectivity index (χ2v) is 6.70. The molecular formula is C12H21N3O3S. The van der Waals surface area contributed by atoms with E-state index in [1.54, 1.807) is 26.3 Å². The second-order valence-electron chi connectivity index (χ2n) is 4.99. The highest BCUT2D eigenvalue weighted by Crippen LogP contribution is 2.37. The first kappa shape index (κ1) is 14.5. The molecule has 19 heavy (non-hydrogen) atoms. The minimum atomic E-state index is -3.51. The van der Waals surface area contributed by atoms with Gasteiger partial charge in [-0.05, 0) is 25.8 Å². The molecule has 1 saturated carbocycles. The molecule has 0 radical (unpaired) electrons. The molecule has 0 bridgehead atoms. The maximum atomic E-state index is 12.2. The minimum Gasteiger partial charge on any atom is -0.383 e. The van der Waals surface area contributed by atoms with Crippen molar-refractivity contribution in [3.63, 3.8) is 0 Å². The topological polar surface area (TPSA) is 86.3 Å². The average Bonchev–Trinajstić information content (AvgIpc) is 3.07. The molecule has 0 aromatic carbocycles. The summed E-state index contributed by atoms with van der Waals surface area (Å²) >= 11 is 0. The molecule has 1 aliphatic carbocycles. The maximum absolute atomic E-state index is 12.2. The van der Waals surface area contributed by atoms with Gasteiger partial charge in [-0.25, -0.2) is 13.1 Å².